The minimum Gasteiger partial charge on any atom is -0.496 e. The van der Waals surface area contributed by atoms with Gasteiger partial charge in [-0.1, -0.05) is 30.3 Å². The van der Waals surface area contributed by atoms with Crippen LogP contribution < -0.4 is 33.7 Å². The van der Waals surface area contributed by atoms with Crippen molar-refractivity contribution in [2.45, 2.75) is 32.9 Å². The molecule has 0 saturated carbocycles. The van der Waals surface area contributed by atoms with Crippen LogP contribution in [0.4, 0.5) is 0 Å². The van der Waals surface area contributed by atoms with Crippen LogP contribution >= 0.6 is 0 Å². The molecule has 0 radical (unpaired) electrons. The molecule has 4 rings (SSSR count). The number of nitrogens with one attached hydrogen (secondary N) is 1. The van der Waals surface area contributed by atoms with E-state index < -0.39 is 11.9 Å². The number of carbonyl (C=O) groups is 2. The summed E-state index contributed by atoms with van der Waals surface area (Å²) < 4.78 is 33.5. The number of hydrogen-bond donors (Lipinski definition) is 1. The Morgan fingerprint density at radius 3 is 1.86 bits per heavy atom. The van der Waals surface area contributed by atoms with Crippen molar-refractivity contribution in [1.29, 1.82) is 0 Å². The maximum Gasteiger partial charge on any atom is 0.268 e. The third-order valence-electron chi connectivity index (χ3n) is 7.50. The molecule has 1 atom stereocenters. The van der Waals surface area contributed by atoms with Crippen LogP contribution in [-0.2, 0) is 22.6 Å². The average Bonchev–Trinajstić information content (AvgIpc) is 3.01. The molecule has 1 fully saturated rings. The molecule has 10 heteroatoms. The van der Waals surface area contributed by atoms with Crippen molar-refractivity contribution in [3.63, 3.8) is 0 Å². The summed E-state index contributed by atoms with van der Waals surface area (Å²) in [6.45, 7) is 3.88. The summed E-state index contributed by atoms with van der Waals surface area (Å²) >= 11 is 0. The molecule has 1 N–H and O–H groups in total. The van der Waals surface area contributed by atoms with Gasteiger partial charge in [-0.05, 0) is 37.6 Å². The third kappa shape index (κ3) is 6.04. The molecule has 228 valence electrons. The minimum absolute atomic E-state index is 0.172. The quantitative estimate of drug-likeness (QED) is 0.327. The van der Waals surface area contributed by atoms with Gasteiger partial charge in [-0.25, -0.2) is 0 Å². The van der Waals surface area contributed by atoms with Crippen LogP contribution in [0.2, 0.25) is 0 Å². The topological polar surface area (TPSA) is 105 Å². The first kappa shape index (κ1) is 31.1. The third-order valence-corrected chi connectivity index (χ3v) is 7.50. The van der Waals surface area contributed by atoms with Crippen molar-refractivity contribution in [2.24, 2.45) is 0 Å². The molecule has 1 heterocycles. The fourth-order valence-corrected chi connectivity index (χ4v) is 5.52. The molecule has 43 heavy (non-hydrogen) atoms. The minimum atomic E-state index is -0.867. The van der Waals surface area contributed by atoms with E-state index in [1.165, 1.54) is 12.0 Å². The summed E-state index contributed by atoms with van der Waals surface area (Å²) in [7, 11) is 9.28. The second kappa shape index (κ2) is 13.4. The summed E-state index contributed by atoms with van der Waals surface area (Å²) in [6, 6.07) is 12.1. The standard InChI is InChI=1S/C33H38N2O8/c1-19-28(40-5)22(16-26(38-3)30(19)42-7)14-24-33(37)35(18-21-12-10-9-11-13-21)25(32(36)34-24)15-23-17-27(39-4)31(43-8)20(2)29(23)41-6/h9-13,15-17,24H,14,18H2,1-8H3,(H,34,36)/b25-15+. The average molecular weight is 591 g/mol. The highest BCUT2D eigenvalue weighted by atomic mass is 16.5. The van der Waals surface area contributed by atoms with Crippen LogP contribution in [0.15, 0.2) is 48.2 Å². The largest absolute Gasteiger partial charge is 0.496 e. The van der Waals surface area contributed by atoms with Gasteiger partial charge in [0, 0.05) is 28.7 Å². The molecule has 1 saturated heterocycles. The van der Waals surface area contributed by atoms with E-state index in [4.69, 9.17) is 28.4 Å². The zero-order valence-electron chi connectivity index (χ0n) is 25.8. The van der Waals surface area contributed by atoms with E-state index in [9.17, 15) is 9.59 Å². The van der Waals surface area contributed by atoms with Gasteiger partial charge in [0.2, 0.25) is 5.91 Å². The van der Waals surface area contributed by atoms with E-state index in [2.05, 4.69) is 5.32 Å². The predicted octanol–water partition coefficient (Wildman–Crippen LogP) is 4.47. The van der Waals surface area contributed by atoms with Crippen molar-refractivity contribution in [2.75, 3.05) is 42.7 Å². The Bertz CT molecular complexity index is 1530. The number of rotatable bonds is 11. The van der Waals surface area contributed by atoms with Gasteiger partial charge in [0.1, 0.15) is 23.2 Å². The lowest BCUT2D eigenvalue weighted by molar-refractivity contribution is -0.140. The van der Waals surface area contributed by atoms with Crippen molar-refractivity contribution < 1.29 is 38.0 Å². The first-order valence-electron chi connectivity index (χ1n) is 13.7. The summed E-state index contributed by atoms with van der Waals surface area (Å²) in [5.41, 5.74) is 3.72. The molecular formula is C33H38N2O8. The fourth-order valence-electron chi connectivity index (χ4n) is 5.52. The summed E-state index contributed by atoms with van der Waals surface area (Å²) in [6.07, 6.45) is 1.81. The van der Waals surface area contributed by atoms with Gasteiger partial charge < -0.3 is 38.6 Å². The molecule has 3 aromatic rings. The van der Waals surface area contributed by atoms with Gasteiger partial charge in [-0.3, -0.25) is 9.59 Å². The second-order valence-corrected chi connectivity index (χ2v) is 9.96. The molecule has 1 aliphatic rings. The molecular weight excluding hydrogens is 552 g/mol. The van der Waals surface area contributed by atoms with Crippen molar-refractivity contribution in [3.8, 4) is 34.5 Å². The number of benzene rings is 3. The number of methoxy groups -OCH3 is 6. The molecule has 3 aromatic carbocycles. The van der Waals surface area contributed by atoms with E-state index in [0.29, 0.717) is 51.2 Å². The second-order valence-electron chi connectivity index (χ2n) is 9.96. The van der Waals surface area contributed by atoms with E-state index in [-0.39, 0.29) is 24.6 Å². The van der Waals surface area contributed by atoms with Crippen LogP contribution in [0.5, 0.6) is 34.5 Å². The Labute approximate surface area is 252 Å². The fraction of sp³-hybridized carbons (Fsp3) is 0.333. The molecule has 0 spiro atoms. The summed E-state index contributed by atoms with van der Waals surface area (Å²) in [5.74, 6) is 2.40. The molecule has 1 aliphatic heterocycles. The lowest BCUT2D eigenvalue weighted by atomic mass is 9.97. The molecule has 2 amide bonds. The Morgan fingerprint density at radius 2 is 1.30 bits per heavy atom. The summed E-state index contributed by atoms with van der Waals surface area (Å²) in [4.78, 5) is 29.5. The Hall–Kier alpha value is -4.86. The Morgan fingerprint density at radius 1 is 0.744 bits per heavy atom. The lowest BCUT2D eigenvalue weighted by Gasteiger charge is -2.35. The smallest absolute Gasteiger partial charge is 0.268 e. The molecule has 0 aliphatic carbocycles. The van der Waals surface area contributed by atoms with Crippen molar-refractivity contribution in [3.05, 3.63) is 76.0 Å². The first-order valence-corrected chi connectivity index (χ1v) is 13.7. The first-order chi connectivity index (χ1) is 20.7. The number of ether oxygens (including phenoxy) is 6. The van der Waals surface area contributed by atoms with E-state index in [1.807, 2.05) is 44.2 Å². The van der Waals surface area contributed by atoms with Crippen LogP contribution in [0, 0.1) is 13.8 Å². The predicted molar refractivity (Wildman–Crippen MR) is 162 cm³/mol. The number of amides is 2. The highest BCUT2D eigenvalue weighted by Gasteiger charge is 2.38. The maximum atomic E-state index is 14.2. The normalized spacial score (nSPS) is 15.7. The Balaban J connectivity index is 1.81. The Kier molecular flexibility index (Phi) is 9.70. The highest BCUT2D eigenvalue weighted by molar-refractivity contribution is 6.07. The van der Waals surface area contributed by atoms with Crippen molar-refractivity contribution in [1.82, 2.24) is 10.2 Å². The van der Waals surface area contributed by atoms with E-state index in [1.54, 1.807) is 53.8 Å². The van der Waals surface area contributed by atoms with Gasteiger partial charge in [0.25, 0.3) is 5.91 Å². The van der Waals surface area contributed by atoms with Crippen LogP contribution in [0.1, 0.15) is 27.8 Å². The van der Waals surface area contributed by atoms with Gasteiger partial charge in [-0.15, -0.1) is 0 Å². The number of carbonyl (C=O) groups excluding carboxylic acids is 2. The lowest BCUT2D eigenvalue weighted by Crippen LogP contribution is -2.57. The SMILES string of the molecule is COc1cc(/C=C2\C(=O)NC(Cc3cc(OC)c(OC)c(C)c3OC)C(=O)N2Cc2ccccc2)c(OC)c(C)c1OC. The zero-order chi connectivity index (χ0) is 31.3. The van der Waals surface area contributed by atoms with Gasteiger partial charge in [0.15, 0.2) is 23.0 Å². The number of nitrogens with zero attached hydrogens (tertiary/aromatic N) is 1. The monoisotopic (exact) mass is 590 g/mol. The molecule has 0 bridgehead atoms. The van der Waals surface area contributed by atoms with Crippen LogP contribution in [-0.4, -0.2) is 65.4 Å². The summed E-state index contributed by atoms with van der Waals surface area (Å²) in [5, 5.41) is 2.92. The van der Waals surface area contributed by atoms with E-state index >= 15 is 0 Å². The van der Waals surface area contributed by atoms with E-state index in [0.717, 1.165) is 11.1 Å². The number of hydrogen-bond acceptors (Lipinski definition) is 8. The highest BCUT2D eigenvalue weighted by Crippen LogP contribution is 2.42. The zero-order valence-corrected chi connectivity index (χ0v) is 25.8. The van der Waals surface area contributed by atoms with Gasteiger partial charge in [0.05, 0.1) is 49.2 Å². The van der Waals surface area contributed by atoms with Gasteiger partial charge >= 0.3 is 0 Å². The van der Waals surface area contributed by atoms with Crippen LogP contribution in [0.3, 0.4) is 0 Å². The molecule has 1 unspecified atom stereocenters. The molecule has 0 aromatic heterocycles. The van der Waals surface area contributed by atoms with Crippen molar-refractivity contribution >= 4 is 17.9 Å². The maximum absolute atomic E-state index is 14.2. The number of piperazine rings is 1. The molecule has 10 nitrogen and oxygen atoms in total. The van der Waals surface area contributed by atoms with Gasteiger partial charge in [-0.2, -0.15) is 0 Å². The van der Waals surface area contributed by atoms with Crippen LogP contribution in [0.25, 0.3) is 6.08 Å².